The first-order valence-corrected chi connectivity index (χ1v) is 12.0. The van der Waals surface area contributed by atoms with Crippen molar-refractivity contribution in [2.75, 3.05) is 23.8 Å². The highest BCUT2D eigenvalue weighted by atomic mass is 32.2. The molecule has 0 spiro atoms. The molecule has 0 unspecified atom stereocenters. The van der Waals surface area contributed by atoms with E-state index < -0.39 is 10.0 Å². The fourth-order valence-corrected chi connectivity index (χ4v) is 4.47. The van der Waals surface area contributed by atoms with Crippen LogP contribution in [0.2, 0.25) is 0 Å². The lowest BCUT2D eigenvalue weighted by Crippen LogP contribution is -2.20. The molecule has 0 radical (unpaired) electrons. The van der Waals surface area contributed by atoms with E-state index in [9.17, 15) is 18.5 Å². The van der Waals surface area contributed by atoms with Crippen LogP contribution < -0.4 is 19.5 Å². The molecule has 1 fully saturated rings. The van der Waals surface area contributed by atoms with Crippen LogP contribution in [-0.4, -0.2) is 28.0 Å². The van der Waals surface area contributed by atoms with Gasteiger partial charge < -0.3 is 14.8 Å². The van der Waals surface area contributed by atoms with Gasteiger partial charge in [0.05, 0.1) is 29.2 Å². The molecular weight excluding hydrogens is 454 g/mol. The van der Waals surface area contributed by atoms with Gasteiger partial charge in [0.25, 0.3) is 15.9 Å². The molecule has 1 aliphatic rings. The Balaban J connectivity index is 1.31. The van der Waals surface area contributed by atoms with Crippen molar-refractivity contribution in [3.8, 4) is 17.6 Å². The maximum absolute atomic E-state index is 12.6. The molecule has 2 N–H and O–H groups in total. The van der Waals surface area contributed by atoms with E-state index in [2.05, 4.69) is 16.1 Å². The van der Waals surface area contributed by atoms with Crippen LogP contribution in [0.3, 0.4) is 0 Å². The van der Waals surface area contributed by atoms with Gasteiger partial charge in [-0.2, -0.15) is 5.26 Å². The maximum atomic E-state index is 12.6. The van der Waals surface area contributed by atoms with Gasteiger partial charge >= 0.3 is 0 Å². The lowest BCUT2D eigenvalue weighted by Gasteiger charge is -2.11. The molecule has 3 aromatic rings. The van der Waals surface area contributed by atoms with Crippen LogP contribution in [0.15, 0.2) is 77.7 Å². The van der Waals surface area contributed by atoms with Crippen LogP contribution in [-0.2, 0) is 20.2 Å². The van der Waals surface area contributed by atoms with Gasteiger partial charge in [-0.3, -0.25) is 9.52 Å². The highest BCUT2D eigenvalue weighted by Gasteiger charge is 2.44. The Morgan fingerprint density at radius 1 is 1.00 bits per heavy atom. The van der Waals surface area contributed by atoms with Crippen molar-refractivity contribution in [1.29, 1.82) is 5.26 Å². The fourth-order valence-electron chi connectivity index (χ4n) is 3.42. The Hall–Kier alpha value is -4.03. The van der Waals surface area contributed by atoms with Crippen LogP contribution >= 0.6 is 0 Å². The number of nitrogens with zero attached hydrogens (tertiary/aromatic N) is 1. The first-order valence-electron chi connectivity index (χ1n) is 10.5. The molecule has 1 saturated carbocycles. The van der Waals surface area contributed by atoms with Crippen molar-refractivity contribution >= 4 is 27.3 Å². The average molecular weight is 478 g/mol. The Morgan fingerprint density at radius 3 is 2.32 bits per heavy atom. The smallest absolute Gasteiger partial charge is 0.262 e. The van der Waals surface area contributed by atoms with Gasteiger partial charge in [0, 0.05) is 11.8 Å². The minimum absolute atomic E-state index is 0.0537. The highest BCUT2D eigenvalue weighted by Crippen LogP contribution is 2.47. The summed E-state index contributed by atoms with van der Waals surface area (Å²) in [4.78, 5) is 12.3. The lowest BCUT2D eigenvalue weighted by molar-refractivity contribution is -0.118. The second-order valence-corrected chi connectivity index (χ2v) is 9.60. The quantitative estimate of drug-likeness (QED) is 0.480. The molecule has 34 heavy (non-hydrogen) atoms. The summed E-state index contributed by atoms with van der Waals surface area (Å²) in [5.74, 6) is 0.535. The predicted octanol–water partition coefficient (Wildman–Crippen LogP) is 4.07. The van der Waals surface area contributed by atoms with E-state index in [1.165, 1.54) is 31.4 Å². The van der Waals surface area contributed by atoms with Crippen molar-refractivity contribution in [3.63, 3.8) is 0 Å². The molecule has 1 aliphatic carbocycles. The minimum atomic E-state index is -3.80. The molecule has 0 atom stereocenters. The van der Waals surface area contributed by atoms with E-state index >= 15 is 0 Å². The van der Waals surface area contributed by atoms with Crippen LogP contribution in [0.25, 0.3) is 0 Å². The zero-order valence-electron chi connectivity index (χ0n) is 18.4. The number of anilines is 2. The molecule has 0 saturated heterocycles. The van der Waals surface area contributed by atoms with E-state index in [1.54, 1.807) is 36.4 Å². The van der Waals surface area contributed by atoms with E-state index in [0.29, 0.717) is 22.9 Å². The minimum Gasteiger partial charge on any atom is -0.497 e. The monoisotopic (exact) mass is 477 g/mol. The number of nitriles is 1. The van der Waals surface area contributed by atoms with Crippen molar-refractivity contribution in [2.24, 2.45) is 0 Å². The summed E-state index contributed by atoms with van der Waals surface area (Å²) in [5, 5.41) is 12.0. The summed E-state index contributed by atoms with van der Waals surface area (Å²) in [5.41, 5.74) is 1.58. The lowest BCUT2D eigenvalue weighted by atomic mass is 9.98. The predicted molar refractivity (Wildman–Crippen MR) is 127 cm³/mol. The third-order valence-corrected chi connectivity index (χ3v) is 6.91. The molecule has 9 heteroatoms. The maximum Gasteiger partial charge on any atom is 0.262 e. The Morgan fingerprint density at radius 2 is 1.71 bits per heavy atom. The first kappa shape index (κ1) is 23.1. The topological polar surface area (TPSA) is 118 Å². The van der Waals surface area contributed by atoms with Gasteiger partial charge in [0.15, 0.2) is 6.61 Å². The number of hydrogen-bond acceptors (Lipinski definition) is 6. The van der Waals surface area contributed by atoms with Crippen molar-refractivity contribution in [2.45, 2.75) is 23.2 Å². The van der Waals surface area contributed by atoms with E-state index in [-0.39, 0.29) is 22.8 Å². The van der Waals surface area contributed by atoms with Gasteiger partial charge in [0.2, 0.25) is 0 Å². The molecule has 0 aromatic heterocycles. The third kappa shape index (κ3) is 5.30. The molecule has 8 nitrogen and oxygen atoms in total. The van der Waals surface area contributed by atoms with Gasteiger partial charge in [-0.15, -0.1) is 0 Å². The number of hydrogen-bond donors (Lipinski definition) is 2. The van der Waals surface area contributed by atoms with E-state index in [1.807, 2.05) is 12.1 Å². The summed E-state index contributed by atoms with van der Waals surface area (Å²) in [6, 6.07) is 21.9. The van der Waals surface area contributed by atoms with Gasteiger partial charge in [-0.05, 0) is 66.9 Å². The van der Waals surface area contributed by atoms with Crippen molar-refractivity contribution < 1.29 is 22.7 Å². The molecule has 0 bridgehead atoms. The summed E-state index contributed by atoms with van der Waals surface area (Å²) < 4.78 is 38.3. The number of sulfonamides is 1. The molecule has 0 aliphatic heterocycles. The molecule has 174 valence electrons. The third-order valence-electron chi connectivity index (χ3n) is 5.51. The first-order chi connectivity index (χ1) is 16.3. The summed E-state index contributed by atoms with van der Waals surface area (Å²) in [6.07, 6.45) is 1.72. The summed E-state index contributed by atoms with van der Waals surface area (Å²) >= 11 is 0. The fraction of sp³-hybridized carbons (Fsp3) is 0.200. The Kier molecular flexibility index (Phi) is 6.43. The largest absolute Gasteiger partial charge is 0.497 e. The molecular formula is C25H23N3O5S. The Bertz CT molecular complexity index is 1330. The van der Waals surface area contributed by atoms with Crippen LogP contribution in [0.5, 0.6) is 11.5 Å². The number of benzene rings is 3. The van der Waals surface area contributed by atoms with Gasteiger partial charge in [-0.25, -0.2) is 8.42 Å². The molecule has 0 heterocycles. The molecule has 4 rings (SSSR count). The van der Waals surface area contributed by atoms with Gasteiger partial charge in [-0.1, -0.05) is 18.2 Å². The second-order valence-electron chi connectivity index (χ2n) is 7.92. The van der Waals surface area contributed by atoms with Crippen molar-refractivity contribution in [1.82, 2.24) is 0 Å². The van der Waals surface area contributed by atoms with Crippen LogP contribution in [0.1, 0.15) is 18.4 Å². The number of ether oxygens (including phenoxy) is 2. The summed E-state index contributed by atoms with van der Waals surface area (Å²) in [7, 11) is -2.30. The number of methoxy groups -OCH3 is 1. The average Bonchev–Trinajstić information content (AvgIpc) is 3.65. The zero-order chi connectivity index (χ0) is 24.2. The van der Waals surface area contributed by atoms with Crippen molar-refractivity contribution in [3.05, 3.63) is 78.4 Å². The number of rotatable bonds is 9. The number of amides is 1. The normalized spacial score (nSPS) is 13.9. The number of carbonyl (C=O) groups excluding carboxylic acids is 1. The molecule has 1 amide bonds. The van der Waals surface area contributed by atoms with E-state index in [0.717, 1.165) is 18.4 Å². The van der Waals surface area contributed by atoms with Crippen LogP contribution in [0, 0.1) is 11.3 Å². The molecule has 3 aromatic carbocycles. The number of carbonyl (C=O) groups is 1. The summed E-state index contributed by atoms with van der Waals surface area (Å²) in [6.45, 7) is -0.238. The van der Waals surface area contributed by atoms with Gasteiger partial charge in [0.1, 0.15) is 11.5 Å². The van der Waals surface area contributed by atoms with E-state index in [4.69, 9.17) is 9.47 Å². The highest BCUT2D eigenvalue weighted by molar-refractivity contribution is 7.92. The SMILES string of the molecule is COc1cccc(NS(=O)(=O)c2ccc(OCC(=O)Nc3ccc(C4(C#N)CC4)cc3)cc2)c1. The Labute approximate surface area is 198 Å². The van der Waals surface area contributed by atoms with Crippen LogP contribution in [0.4, 0.5) is 11.4 Å². The second kappa shape index (κ2) is 9.45. The zero-order valence-corrected chi connectivity index (χ0v) is 19.3. The number of nitrogens with one attached hydrogen (secondary N) is 2. The standard InChI is InChI=1S/C25H23N3O5S/c1-32-22-4-2-3-20(15-22)28-34(30,31)23-11-9-21(10-12-23)33-16-24(29)27-19-7-5-18(6-8-19)25(17-26)13-14-25/h2-12,15,28H,13-14,16H2,1H3,(H,27,29).